The van der Waals surface area contributed by atoms with Gasteiger partial charge in [-0.2, -0.15) is 0 Å². The summed E-state index contributed by atoms with van der Waals surface area (Å²) in [6, 6.07) is 0. The van der Waals surface area contributed by atoms with Crippen molar-refractivity contribution in [2.24, 2.45) is 11.3 Å². The second-order valence-electron chi connectivity index (χ2n) is 5.84. The minimum Gasteiger partial charge on any atom is -0.461 e. The maximum atomic E-state index is 11.8. The van der Waals surface area contributed by atoms with E-state index in [4.69, 9.17) is 10.5 Å². The van der Waals surface area contributed by atoms with Crippen LogP contribution in [0.2, 0.25) is 0 Å². The zero-order valence-corrected chi connectivity index (χ0v) is 11.6. The second kappa shape index (κ2) is 4.25. The maximum Gasteiger partial charge on any atom is 0.360 e. The lowest BCUT2D eigenvalue weighted by molar-refractivity contribution is 0.0521. The van der Waals surface area contributed by atoms with Crippen LogP contribution in [0.5, 0.6) is 0 Å². The molecule has 2 aliphatic carbocycles. The number of imidazole rings is 1. The number of aromatic nitrogens is 2. The molecule has 1 heterocycles. The molecule has 0 atom stereocenters. The maximum absolute atomic E-state index is 11.8. The number of ether oxygens (including phenoxy) is 1. The van der Waals surface area contributed by atoms with E-state index in [1.807, 2.05) is 11.5 Å². The van der Waals surface area contributed by atoms with Gasteiger partial charge in [0.1, 0.15) is 11.6 Å². The Kier molecular flexibility index (Phi) is 2.80. The lowest BCUT2D eigenvalue weighted by Gasteiger charge is -2.17. The molecule has 19 heavy (non-hydrogen) atoms. The zero-order chi connectivity index (χ0) is 13.6. The van der Waals surface area contributed by atoms with Crippen molar-refractivity contribution in [3.05, 3.63) is 11.5 Å². The fraction of sp³-hybridized carbons (Fsp3) is 0.714. The van der Waals surface area contributed by atoms with Gasteiger partial charge in [-0.05, 0) is 50.9 Å². The molecule has 104 valence electrons. The van der Waals surface area contributed by atoms with Crippen LogP contribution < -0.4 is 5.73 Å². The van der Waals surface area contributed by atoms with Crippen LogP contribution in [0.1, 0.15) is 48.9 Å². The van der Waals surface area contributed by atoms with Crippen molar-refractivity contribution in [1.82, 2.24) is 9.55 Å². The highest BCUT2D eigenvalue weighted by molar-refractivity contribution is 5.92. The van der Waals surface area contributed by atoms with Crippen LogP contribution in [0.15, 0.2) is 0 Å². The molecule has 0 radical (unpaired) electrons. The first-order valence-corrected chi connectivity index (χ1v) is 7.07. The highest BCUT2D eigenvalue weighted by Crippen LogP contribution is 2.62. The molecular weight excluding hydrogens is 242 g/mol. The van der Waals surface area contributed by atoms with E-state index in [2.05, 4.69) is 4.98 Å². The van der Waals surface area contributed by atoms with Gasteiger partial charge < -0.3 is 15.0 Å². The summed E-state index contributed by atoms with van der Waals surface area (Å²) < 4.78 is 6.99. The molecule has 5 nitrogen and oxygen atoms in total. The topological polar surface area (TPSA) is 70.1 Å². The van der Waals surface area contributed by atoms with Crippen molar-refractivity contribution in [2.45, 2.75) is 46.1 Å². The molecule has 1 aromatic heterocycles. The molecule has 0 amide bonds. The number of nitrogen functional groups attached to an aromatic ring is 1. The minimum atomic E-state index is -0.418. The summed E-state index contributed by atoms with van der Waals surface area (Å²) in [5.41, 5.74) is 6.80. The number of esters is 1. The van der Waals surface area contributed by atoms with Gasteiger partial charge in [-0.15, -0.1) is 0 Å². The SMILES string of the molecule is CCOC(=O)c1nc(C)n(CC2(C3CC3)CC2)c1N. The van der Waals surface area contributed by atoms with Gasteiger partial charge in [0, 0.05) is 6.54 Å². The van der Waals surface area contributed by atoms with Crippen LogP contribution in [-0.2, 0) is 11.3 Å². The molecule has 0 spiro atoms. The third kappa shape index (κ3) is 2.11. The quantitative estimate of drug-likeness (QED) is 0.826. The molecule has 0 aromatic carbocycles. The lowest BCUT2D eigenvalue weighted by Crippen LogP contribution is -2.17. The van der Waals surface area contributed by atoms with Crippen LogP contribution in [0.4, 0.5) is 5.82 Å². The van der Waals surface area contributed by atoms with Gasteiger partial charge in [0.15, 0.2) is 5.69 Å². The summed E-state index contributed by atoms with van der Waals surface area (Å²) in [7, 11) is 0. The Balaban J connectivity index is 1.83. The lowest BCUT2D eigenvalue weighted by atomic mass is 10.0. The summed E-state index contributed by atoms with van der Waals surface area (Å²) in [5, 5.41) is 0. The number of nitrogens with zero attached hydrogens (tertiary/aromatic N) is 2. The number of nitrogens with two attached hydrogens (primary N) is 1. The van der Waals surface area contributed by atoms with Gasteiger partial charge >= 0.3 is 5.97 Å². The number of hydrogen-bond donors (Lipinski definition) is 1. The third-order valence-electron chi connectivity index (χ3n) is 4.48. The van der Waals surface area contributed by atoms with E-state index >= 15 is 0 Å². The number of rotatable bonds is 5. The Morgan fingerprint density at radius 3 is 2.74 bits per heavy atom. The van der Waals surface area contributed by atoms with Gasteiger partial charge in [-0.3, -0.25) is 0 Å². The predicted molar refractivity (Wildman–Crippen MR) is 71.7 cm³/mol. The highest BCUT2D eigenvalue weighted by atomic mass is 16.5. The zero-order valence-electron chi connectivity index (χ0n) is 11.6. The predicted octanol–water partition coefficient (Wildman–Crippen LogP) is 2.14. The first kappa shape index (κ1) is 12.5. The van der Waals surface area contributed by atoms with E-state index in [1.54, 1.807) is 6.92 Å². The average molecular weight is 263 g/mol. The van der Waals surface area contributed by atoms with E-state index in [0.29, 0.717) is 17.8 Å². The first-order valence-electron chi connectivity index (χ1n) is 7.07. The molecule has 3 rings (SSSR count). The van der Waals surface area contributed by atoms with Crippen molar-refractivity contribution in [3.63, 3.8) is 0 Å². The fourth-order valence-corrected chi connectivity index (χ4v) is 3.00. The molecule has 2 saturated carbocycles. The minimum absolute atomic E-state index is 0.269. The van der Waals surface area contributed by atoms with Crippen molar-refractivity contribution < 1.29 is 9.53 Å². The Hall–Kier alpha value is -1.52. The third-order valence-corrected chi connectivity index (χ3v) is 4.48. The van der Waals surface area contributed by atoms with Crippen molar-refractivity contribution in [2.75, 3.05) is 12.3 Å². The number of hydrogen-bond acceptors (Lipinski definition) is 4. The molecule has 0 bridgehead atoms. The van der Waals surface area contributed by atoms with Crippen LogP contribution in [0.25, 0.3) is 0 Å². The number of carbonyl (C=O) groups excluding carboxylic acids is 1. The summed E-state index contributed by atoms with van der Waals surface area (Å²) in [5.74, 6) is 1.72. The van der Waals surface area contributed by atoms with E-state index in [1.165, 1.54) is 25.7 Å². The summed E-state index contributed by atoms with van der Waals surface area (Å²) in [4.78, 5) is 16.1. The molecule has 0 saturated heterocycles. The van der Waals surface area contributed by atoms with Crippen molar-refractivity contribution in [1.29, 1.82) is 0 Å². The van der Waals surface area contributed by atoms with Crippen LogP contribution in [0.3, 0.4) is 0 Å². The molecule has 0 unspecified atom stereocenters. The van der Waals surface area contributed by atoms with Crippen molar-refractivity contribution >= 4 is 11.8 Å². The Morgan fingerprint density at radius 1 is 1.53 bits per heavy atom. The van der Waals surface area contributed by atoms with Gasteiger partial charge in [-0.1, -0.05) is 0 Å². The van der Waals surface area contributed by atoms with Gasteiger partial charge in [-0.25, -0.2) is 9.78 Å². The number of anilines is 1. The van der Waals surface area contributed by atoms with Crippen LogP contribution >= 0.6 is 0 Å². The molecule has 0 aliphatic heterocycles. The van der Waals surface area contributed by atoms with Crippen LogP contribution in [0, 0.1) is 18.3 Å². The highest BCUT2D eigenvalue weighted by Gasteiger charge is 2.54. The van der Waals surface area contributed by atoms with E-state index in [9.17, 15) is 4.79 Å². The fourth-order valence-electron chi connectivity index (χ4n) is 3.00. The normalized spacial score (nSPS) is 20.3. The smallest absolute Gasteiger partial charge is 0.360 e. The van der Waals surface area contributed by atoms with E-state index < -0.39 is 5.97 Å². The van der Waals surface area contributed by atoms with E-state index in [0.717, 1.165) is 18.3 Å². The Morgan fingerprint density at radius 2 is 2.21 bits per heavy atom. The van der Waals surface area contributed by atoms with Gasteiger partial charge in [0.2, 0.25) is 0 Å². The monoisotopic (exact) mass is 263 g/mol. The van der Waals surface area contributed by atoms with Gasteiger partial charge in [0.05, 0.1) is 6.61 Å². The van der Waals surface area contributed by atoms with Crippen molar-refractivity contribution in [3.8, 4) is 0 Å². The Labute approximate surface area is 113 Å². The largest absolute Gasteiger partial charge is 0.461 e. The summed E-state index contributed by atoms with van der Waals surface area (Å²) >= 11 is 0. The molecule has 2 aliphatic rings. The number of aryl methyl sites for hydroxylation is 1. The molecule has 2 fully saturated rings. The molecule has 5 heteroatoms. The van der Waals surface area contributed by atoms with E-state index in [-0.39, 0.29) is 5.69 Å². The van der Waals surface area contributed by atoms with Gasteiger partial charge in [0.25, 0.3) is 0 Å². The standard InChI is InChI=1S/C14H21N3O2/c1-3-19-13(18)11-12(15)17(9(2)16-11)8-14(6-7-14)10-4-5-10/h10H,3-8,15H2,1-2H3. The first-order chi connectivity index (χ1) is 9.07. The molecular formula is C14H21N3O2. The second-order valence-corrected chi connectivity index (χ2v) is 5.84. The summed E-state index contributed by atoms with van der Waals surface area (Å²) in [6.07, 6.45) is 5.25. The molecule has 2 N–H and O–H groups in total. The Bertz CT molecular complexity index is 513. The average Bonchev–Trinajstić information content (AvgIpc) is 3.25. The molecule has 1 aromatic rings. The van der Waals surface area contributed by atoms with Crippen LogP contribution in [-0.4, -0.2) is 22.1 Å². The summed E-state index contributed by atoms with van der Waals surface area (Å²) in [6.45, 7) is 4.93. The number of carbonyl (C=O) groups is 1.